The molecule has 2 aromatic heterocycles. The van der Waals surface area contributed by atoms with Crippen molar-refractivity contribution in [1.82, 2.24) is 9.13 Å². The van der Waals surface area contributed by atoms with Crippen molar-refractivity contribution in [2.24, 2.45) is 0 Å². The van der Waals surface area contributed by atoms with Crippen molar-refractivity contribution in [2.45, 2.75) is 6.92 Å². The van der Waals surface area contributed by atoms with Crippen molar-refractivity contribution in [3.63, 3.8) is 0 Å². The third-order valence-corrected chi connectivity index (χ3v) is 7.53. The Morgan fingerprint density at radius 1 is 0.618 bits per heavy atom. The molecule has 0 saturated carbocycles. The molecule has 0 spiro atoms. The molecule has 2 nitrogen and oxygen atoms in total. The first-order valence-electron chi connectivity index (χ1n) is 11.4. The van der Waals surface area contributed by atoms with Crippen LogP contribution < -0.4 is 0 Å². The molecule has 34 heavy (non-hydrogen) atoms. The molecule has 0 fully saturated rings. The van der Waals surface area contributed by atoms with Gasteiger partial charge in [0.1, 0.15) is 0 Å². The quantitative estimate of drug-likeness (QED) is 0.212. The van der Waals surface area contributed by atoms with Gasteiger partial charge < -0.3 is 9.13 Å². The topological polar surface area (TPSA) is 9.86 Å². The molecule has 6 aromatic rings. The van der Waals surface area contributed by atoms with Crippen LogP contribution in [0.3, 0.4) is 0 Å². The van der Waals surface area contributed by atoms with Crippen LogP contribution in [0.15, 0.2) is 120 Å². The van der Waals surface area contributed by atoms with Gasteiger partial charge in [0.05, 0.1) is 32.2 Å². The highest BCUT2D eigenvalue weighted by atomic mass is 79.9. The van der Waals surface area contributed by atoms with E-state index in [4.69, 9.17) is 0 Å². The smallest absolute Gasteiger partial charge is 0.0621 e. The van der Waals surface area contributed by atoms with Crippen LogP contribution in [0.2, 0.25) is 0 Å². The lowest BCUT2D eigenvalue weighted by atomic mass is 10.2. The Bertz CT molecular complexity index is 1690. The zero-order chi connectivity index (χ0) is 23.2. The van der Waals surface area contributed by atoms with E-state index in [1.807, 2.05) is 6.08 Å². The molecule has 0 bridgehead atoms. The molecule has 0 amide bonds. The SMILES string of the molecule is C=C/C=C(\C(Br)=C(/C)n1c2ccccc2c2ccccc21)n1c2ccccc2c2ccccc21. The standard InChI is InChI=1S/C31H23BrN2/c1-3-12-30(34-28-19-10-6-15-24(28)25-16-7-11-20-29(25)34)31(32)21(2)33-26-17-8-4-13-22(26)23-14-5-9-18-27(23)33/h3-20H,1H2,2H3/b30-12+,31-21-. The molecule has 164 valence electrons. The van der Waals surface area contributed by atoms with Crippen LogP contribution in [0.5, 0.6) is 0 Å². The van der Waals surface area contributed by atoms with E-state index in [0.29, 0.717) is 0 Å². The van der Waals surface area contributed by atoms with Gasteiger partial charge in [-0.15, -0.1) is 0 Å². The summed E-state index contributed by atoms with van der Waals surface area (Å²) >= 11 is 4.02. The Morgan fingerprint density at radius 3 is 1.35 bits per heavy atom. The Kier molecular flexibility index (Phi) is 5.00. The van der Waals surface area contributed by atoms with Crippen molar-refractivity contribution >= 4 is 70.9 Å². The average Bonchev–Trinajstić information content (AvgIpc) is 3.40. The van der Waals surface area contributed by atoms with Crippen LogP contribution in [0.25, 0.3) is 55.0 Å². The number of rotatable bonds is 4. The third kappa shape index (κ3) is 3.01. The zero-order valence-corrected chi connectivity index (χ0v) is 20.5. The molecule has 4 aromatic carbocycles. The van der Waals surface area contributed by atoms with Gasteiger partial charge in [0.2, 0.25) is 0 Å². The molecule has 2 heterocycles. The number of hydrogen-bond acceptors (Lipinski definition) is 0. The summed E-state index contributed by atoms with van der Waals surface area (Å²) in [6.45, 7) is 6.21. The second kappa shape index (κ2) is 8.19. The Hall–Kier alpha value is -3.82. The highest BCUT2D eigenvalue weighted by molar-refractivity contribution is 9.12. The second-order valence-electron chi connectivity index (χ2n) is 8.43. The number of hydrogen-bond donors (Lipinski definition) is 0. The monoisotopic (exact) mass is 502 g/mol. The Labute approximate surface area is 206 Å². The van der Waals surface area contributed by atoms with Crippen LogP contribution in [0.1, 0.15) is 6.92 Å². The normalized spacial score (nSPS) is 13.2. The van der Waals surface area contributed by atoms with Gasteiger partial charge in [-0.2, -0.15) is 0 Å². The van der Waals surface area contributed by atoms with Gasteiger partial charge >= 0.3 is 0 Å². The molecule has 0 unspecified atom stereocenters. The molecule has 0 aliphatic rings. The van der Waals surface area contributed by atoms with Crippen molar-refractivity contribution in [3.05, 3.63) is 120 Å². The lowest BCUT2D eigenvalue weighted by Crippen LogP contribution is -2.02. The van der Waals surface area contributed by atoms with E-state index in [-0.39, 0.29) is 0 Å². The molecule has 0 saturated heterocycles. The summed E-state index contributed by atoms with van der Waals surface area (Å²) in [4.78, 5) is 0. The first-order valence-corrected chi connectivity index (χ1v) is 12.2. The summed E-state index contributed by atoms with van der Waals surface area (Å²) in [5.41, 5.74) is 6.89. The maximum atomic E-state index is 4.03. The van der Waals surface area contributed by atoms with Crippen LogP contribution in [-0.2, 0) is 0 Å². The molecule has 0 atom stereocenters. The van der Waals surface area contributed by atoms with Crippen LogP contribution in [0, 0.1) is 0 Å². The molecular weight excluding hydrogens is 480 g/mol. The minimum Gasteiger partial charge on any atom is -0.312 e. The number of benzene rings is 4. The third-order valence-electron chi connectivity index (χ3n) is 6.55. The molecular formula is C31H23BrN2. The fraction of sp³-hybridized carbons (Fsp3) is 0.0323. The zero-order valence-electron chi connectivity index (χ0n) is 18.9. The summed E-state index contributed by atoms with van der Waals surface area (Å²) < 4.78 is 5.69. The molecule has 0 radical (unpaired) electrons. The van der Waals surface area contributed by atoms with E-state index in [0.717, 1.165) is 15.9 Å². The Balaban J connectivity index is 1.69. The van der Waals surface area contributed by atoms with Gasteiger partial charge in [-0.3, -0.25) is 0 Å². The van der Waals surface area contributed by atoms with E-state index in [9.17, 15) is 0 Å². The maximum Gasteiger partial charge on any atom is 0.0621 e. The molecule has 3 heteroatoms. The second-order valence-corrected chi connectivity index (χ2v) is 9.22. The number of nitrogens with zero attached hydrogens (tertiary/aromatic N) is 2. The van der Waals surface area contributed by atoms with Gasteiger partial charge in [0.15, 0.2) is 0 Å². The Morgan fingerprint density at radius 2 is 0.971 bits per heavy atom. The summed E-state index contributed by atoms with van der Waals surface area (Å²) in [6.07, 6.45) is 3.94. The summed E-state index contributed by atoms with van der Waals surface area (Å²) in [7, 11) is 0. The van der Waals surface area contributed by atoms with Gasteiger partial charge in [0, 0.05) is 27.2 Å². The number of aromatic nitrogens is 2. The van der Waals surface area contributed by atoms with E-state index < -0.39 is 0 Å². The van der Waals surface area contributed by atoms with Crippen LogP contribution in [-0.4, -0.2) is 9.13 Å². The molecule has 6 rings (SSSR count). The van der Waals surface area contributed by atoms with Crippen molar-refractivity contribution in [2.75, 3.05) is 0 Å². The summed E-state index contributed by atoms with van der Waals surface area (Å²) in [6, 6.07) is 34.3. The number of halogens is 1. The minimum atomic E-state index is 1.02. The lowest BCUT2D eigenvalue weighted by Gasteiger charge is -2.17. The number of allylic oxidation sites excluding steroid dienone is 5. The van der Waals surface area contributed by atoms with Crippen molar-refractivity contribution in [3.8, 4) is 0 Å². The largest absolute Gasteiger partial charge is 0.312 e. The van der Waals surface area contributed by atoms with Gasteiger partial charge in [-0.25, -0.2) is 0 Å². The van der Waals surface area contributed by atoms with E-state index >= 15 is 0 Å². The molecule has 0 aliphatic carbocycles. The fourth-order valence-corrected chi connectivity index (χ4v) is 5.59. The van der Waals surface area contributed by atoms with Gasteiger partial charge in [-0.05, 0) is 53.2 Å². The molecule has 0 aliphatic heterocycles. The van der Waals surface area contributed by atoms with E-state index in [1.165, 1.54) is 43.6 Å². The van der Waals surface area contributed by atoms with Crippen molar-refractivity contribution in [1.29, 1.82) is 0 Å². The van der Waals surface area contributed by atoms with Crippen LogP contribution >= 0.6 is 15.9 Å². The highest BCUT2D eigenvalue weighted by Gasteiger charge is 2.19. The highest BCUT2D eigenvalue weighted by Crippen LogP contribution is 2.39. The van der Waals surface area contributed by atoms with Gasteiger partial charge in [0.25, 0.3) is 0 Å². The van der Waals surface area contributed by atoms with Crippen molar-refractivity contribution < 1.29 is 0 Å². The maximum absolute atomic E-state index is 4.03. The lowest BCUT2D eigenvalue weighted by molar-refractivity contribution is 1.18. The van der Waals surface area contributed by atoms with Gasteiger partial charge in [-0.1, -0.05) is 85.5 Å². The fourth-order valence-electron chi connectivity index (χ4n) is 5.11. The predicted octanol–water partition coefficient (Wildman–Crippen LogP) is 9.21. The number of fused-ring (bicyclic) bond motifs is 6. The molecule has 0 N–H and O–H groups in total. The van der Waals surface area contributed by atoms with E-state index in [2.05, 4.69) is 142 Å². The summed E-state index contributed by atoms with van der Waals surface area (Å²) in [5.74, 6) is 0. The average molecular weight is 503 g/mol. The number of para-hydroxylation sites is 4. The minimum absolute atomic E-state index is 1.02. The first-order chi connectivity index (χ1) is 16.7. The first kappa shape index (κ1) is 20.8. The van der Waals surface area contributed by atoms with E-state index in [1.54, 1.807) is 0 Å². The predicted molar refractivity (Wildman–Crippen MR) is 151 cm³/mol. The summed E-state index contributed by atoms with van der Waals surface area (Å²) in [5, 5.41) is 4.98. The van der Waals surface area contributed by atoms with Crippen LogP contribution in [0.4, 0.5) is 0 Å².